The first-order valence-electron chi connectivity index (χ1n) is 4.48. The van der Waals surface area contributed by atoms with Crippen LogP contribution in [-0.2, 0) is 0 Å². The predicted molar refractivity (Wildman–Crippen MR) is 54.6 cm³/mol. The number of pyridine rings is 1. The lowest BCUT2D eigenvalue weighted by molar-refractivity contribution is 0.819. The van der Waals surface area contributed by atoms with Crippen LogP contribution >= 0.6 is 0 Å². The second-order valence-corrected chi connectivity index (χ2v) is 3.15. The molecule has 0 radical (unpaired) electrons. The Hall–Kier alpha value is -1.51. The van der Waals surface area contributed by atoms with E-state index in [0.717, 1.165) is 25.2 Å². The van der Waals surface area contributed by atoms with Crippen LogP contribution in [-0.4, -0.2) is 18.1 Å². The van der Waals surface area contributed by atoms with Gasteiger partial charge in [-0.1, -0.05) is 12.2 Å². The zero-order valence-electron chi connectivity index (χ0n) is 7.48. The van der Waals surface area contributed by atoms with E-state index in [1.54, 1.807) is 0 Å². The van der Waals surface area contributed by atoms with E-state index in [1.165, 1.54) is 0 Å². The fraction of sp³-hybridized carbons (Fsp3) is 0.300. The summed E-state index contributed by atoms with van der Waals surface area (Å²) >= 11 is 0. The fourth-order valence-electron chi connectivity index (χ4n) is 1.46. The van der Waals surface area contributed by atoms with Crippen molar-refractivity contribution in [1.29, 1.82) is 0 Å². The zero-order valence-corrected chi connectivity index (χ0v) is 7.48. The van der Waals surface area contributed by atoms with Gasteiger partial charge >= 0.3 is 0 Å². The van der Waals surface area contributed by atoms with E-state index in [-0.39, 0.29) is 0 Å². The van der Waals surface area contributed by atoms with Gasteiger partial charge in [-0.3, -0.25) is 0 Å². The molecule has 2 N–H and O–H groups in total. The highest BCUT2D eigenvalue weighted by atomic mass is 15.1. The van der Waals surface area contributed by atoms with Crippen LogP contribution in [0.4, 0.5) is 11.5 Å². The van der Waals surface area contributed by atoms with Crippen molar-refractivity contribution in [3.63, 3.8) is 0 Å². The molecule has 0 aliphatic carbocycles. The van der Waals surface area contributed by atoms with E-state index in [1.807, 2.05) is 18.3 Å². The Labute approximate surface area is 77.9 Å². The van der Waals surface area contributed by atoms with Crippen LogP contribution in [0.15, 0.2) is 30.5 Å². The van der Waals surface area contributed by atoms with Crippen molar-refractivity contribution < 1.29 is 0 Å². The molecule has 68 valence electrons. The number of nitrogens with two attached hydrogens (primary N) is 1. The molecule has 0 saturated heterocycles. The molecule has 0 amide bonds. The summed E-state index contributed by atoms with van der Waals surface area (Å²) in [5.74, 6) is 0.580. The second-order valence-electron chi connectivity index (χ2n) is 3.15. The van der Waals surface area contributed by atoms with Gasteiger partial charge in [-0.05, 0) is 18.6 Å². The standard InChI is InChI=1S/C10H13N3/c11-10-5-4-9(8-12-10)13-6-2-1-3-7-13/h1-2,4-5,8H,3,6-7H2,(H2,11,12). The second kappa shape index (κ2) is 3.47. The molecule has 0 aromatic carbocycles. The van der Waals surface area contributed by atoms with Crippen LogP contribution in [0, 0.1) is 0 Å². The van der Waals surface area contributed by atoms with Crippen molar-refractivity contribution in [2.45, 2.75) is 6.42 Å². The number of nitrogens with zero attached hydrogens (tertiary/aromatic N) is 2. The molecule has 0 saturated carbocycles. The molecule has 1 aliphatic heterocycles. The Kier molecular flexibility index (Phi) is 2.17. The van der Waals surface area contributed by atoms with E-state index in [4.69, 9.17) is 5.73 Å². The Morgan fingerprint density at radius 2 is 2.23 bits per heavy atom. The van der Waals surface area contributed by atoms with Gasteiger partial charge in [0, 0.05) is 13.1 Å². The third-order valence-corrected chi connectivity index (χ3v) is 2.19. The first kappa shape index (κ1) is 8.10. The SMILES string of the molecule is Nc1ccc(N2CC=CCC2)cn1. The van der Waals surface area contributed by atoms with Gasteiger partial charge in [0.15, 0.2) is 0 Å². The Morgan fingerprint density at radius 1 is 1.31 bits per heavy atom. The molecule has 2 heterocycles. The minimum atomic E-state index is 0.580. The van der Waals surface area contributed by atoms with Crippen LogP contribution in [0.3, 0.4) is 0 Å². The molecular formula is C10H13N3. The molecule has 1 aromatic heterocycles. The van der Waals surface area contributed by atoms with Crippen LogP contribution in [0.5, 0.6) is 0 Å². The minimum absolute atomic E-state index is 0.580. The molecule has 2 rings (SSSR count). The molecule has 0 unspecified atom stereocenters. The Balaban J connectivity index is 2.15. The van der Waals surface area contributed by atoms with Gasteiger partial charge in [-0.2, -0.15) is 0 Å². The van der Waals surface area contributed by atoms with Crippen LogP contribution in [0.25, 0.3) is 0 Å². The molecule has 1 aliphatic rings. The first-order chi connectivity index (χ1) is 6.36. The van der Waals surface area contributed by atoms with Crippen molar-refractivity contribution in [2.24, 2.45) is 0 Å². The number of hydrogen-bond donors (Lipinski definition) is 1. The highest BCUT2D eigenvalue weighted by molar-refractivity contribution is 5.49. The summed E-state index contributed by atoms with van der Waals surface area (Å²) in [5.41, 5.74) is 6.66. The fourth-order valence-corrected chi connectivity index (χ4v) is 1.46. The summed E-state index contributed by atoms with van der Waals surface area (Å²) in [5, 5.41) is 0. The summed E-state index contributed by atoms with van der Waals surface area (Å²) in [6.45, 7) is 2.05. The van der Waals surface area contributed by atoms with E-state index < -0.39 is 0 Å². The summed E-state index contributed by atoms with van der Waals surface area (Å²) in [4.78, 5) is 6.35. The normalized spacial score (nSPS) is 16.2. The van der Waals surface area contributed by atoms with Gasteiger partial charge in [0.1, 0.15) is 5.82 Å². The van der Waals surface area contributed by atoms with Crippen LogP contribution < -0.4 is 10.6 Å². The number of aromatic nitrogens is 1. The minimum Gasteiger partial charge on any atom is -0.384 e. The molecule has 1 aromatic rings. The van der Waals surface area contributed by atoms with E-state index in [9.17, 15) is 0 Å². The molecule has 0 bridgehead atoms. The van der Waals surface area contributed by atoms with E-state index >= 15 is 0 Å². The maximum Gasteiger partial charge on any atom is 0.123 e. The average Bonchev–Trinajstić information content (AvgIpc) is 2.20. The van der Waals surface area contributed by atoms with Crippen LogP contribution in [0.1, 0.15) is 6.42 Å². The molecule has 13 heavy (non-hydrogen) atoms. The van der Waals surface area contributed by atoms with Gasteiger partial charge < -0.3 is 10.6 Å². The molecule has 0 atom stereocenters. The quantitative estimate of drug-likeness (QED) is 0.656. The van der Waals surface area contributed by atoms with Gasteiger partial charge in [-0.25, -0.2) is 4.98 Å². The Bertz CT molecular complexity index is 302. The lowest BCUT2D eigenvalue weighted by atomic mass is 10.2. The van der Waals surface area contributed by atoms with Gasteiger partial charge in [0.25, 0.3) is 0 Å². The summed E-state index contributed by atoms with van der Waals surface area (Å²) in [6, 6.07) is 3.86. The molecular weight excluding hydrogens is 162 g/mol. The maximum absolute atomic E-state index is 5.51. The summed E-state index contributed by atoms with van der Waals surface area (Å²) in [6.07, 6.45) is 7.33. The first-order valence-corrected chi connectivity index (χ1v) is 4.48. The summed E-state index contributed by atoms with van der Waals surface area (Å²) in [7, 11) is 0. The van der Waals surface area contributed by atoms with Crippen molar-refractivity contribution in [3.05, 3.63) is 30.5 Å². The van der Waals surface area contributed by atoms with Gasteiger partial charge in [0.2, 0.25) is 0 Å². The highest BCUT2D eigenvalue weighted by Gasteiger charge is 2.06. The zero-order chi connectivity index (χ0) is 9.10. The van der Waals surface area contributed by atoms with Crippen molar-refractivity contribution in [3.8, 4) is 0 Å². The van der Waals surface area contributed by atoms with E-state index in [0.29, 0.717) is 5.82 Å². The van der Waals surface area contributed by atoms with Crippen molar-refractivity contribution in [2.75, 3.05) is 23.7 Å². The number of rotatable bonds is 1. The highest BCUT2D eigenvalue weighted by Crippen LogP contribution is 2.16. The monoisotopic (exact) mass is 175 g/mol. The Morgan fingerprint density at radius 3 is 2.85 bits per heavy atom. The summed E-state index contributed by atoms with van der Waals surface area (Å²) < 4.78 is 0. The number of hydrogen-bond acceptors (Lipinski definition) is 3. The number of nitrogen functional groups attached to an aromatic ring is 1. The van der Waals surface area contributed by atoms with Gasteiger partial charge in [-0.15, -0.1) is 0 Å². The number of anilines is 2. The van der Waals surface area contributed by atoms with Gasteiger partial charge in [0.05, 0.1) is 11.9 Å². The topological polar surface area (TPSA) is 42.1 Å². The lowest BCUT2D eigenvalue weighted by Crippen LogP contribution is -2.26. The molecule has 3 nitrogen and oxygen atoms in total. The van der Waals surface area contributed by atoms with E-state index in [2.05, 4.69) is 22.0 Å². The maximum atomic E-state index is 5.51. The third-order valence-electron chi connectivity index (χ3n) is 2.19. The lowest BCUT2D eigenvalue weighted by Gasteiger charge is -2.25. The smallest absolute Gasteiger partial charge is 0.123 e. The van der Waals surface area contributed by atoms with Crippen molar-refractivity contribution in [1.82, 2.24) is 4.98 Å². The van der Waals surface area contributed by atoms with Crippen molar-refractivity contribution >= 4 is 11.5 Å². The van der Waals surface area contributed by atoms with Crippen LogP contribution in [0.2, 0.25) is 0 Å². The predicted octanol–water partition coefficient (Wildman–Crippen LogP) is 1.43. The average molecular weight is 175 g/mol. The third kappa shape index (κ3) is 1.80. The molecule has 0 fully saturated rings. The molecule has 0 spiro atoms. The molecule has 3 heteroatoms. The largest absolute Gasteiger partial charge is 0.384 e.